The summed E-state index contributed by atoms with van der Waals surface area (Å²) in [6, 6.07) is 0. The molecule has 2 N–H and O–H groups in total. The second kappa shape index (κ2) is 3.97. The quantitative estimate of drug-likeness (QED) is 0.790. The van der Waals surface area contributed by atoms with Crippen LogP contribution in [0.4, 0.5) is 0 Å². The number of nitrogens with two attached hydrogens (primary N) is 1. The van der Waals surface area contributed by atoms with Crippen LogP contribution in [0, 0.1) is 13.8 Å². The van der Waals surface area contributed by atoms with E-state index in [1.807, 2.05) is 13.8 Å². The molecule has 1 aromatic heterocycles. The van der Waals surface area contributed by atoms with E-state index in [-0.39, 0.29) is 0 Å². The average Bonchev–Trinajstić information content (AvgIpc) is 2.25. The van der Waals surface area contributed by atoms with Gasteiger partial charge in [0, 0.05) is 5.56 Å². The van der Waals surface area contributed by atoms with Crippen molar-refractivity contribution in [2.24, 2.45) is 5.73 Å². The predicted molar refractivity (Wildman–Crippen MR) is 50.6 cm³/mol. The molecule has 1 rings (SSSR count). The third-order valence-electron chi connectivity index (χ3n) is 2.05. The molecule has 0 aliphatic carbocycles. The molecule has 0 atom stereocenters. The van der Waals surface area contributed by atoms with E-state index >= 15 is 0 Å². The molecule has 12 heavy (non-hydrogen) atoms. The van der Waals surface area contributed by atoms with Crippen LogP contribution < -0.4 is 5.73 Å². The molecule has 0 spiro atoms. The lowest BCUT2D eigenvalue weighted by Crippen LogP contribution is -2.01. The maximum Gasteiger partial charge on any atom is 0.196 e. The number of furan rings is 1. The highest BCUT2D eigenvalue weighted by molar-refractivity contribution is 6.29. The first-order chi connectivity index (χ1) is 5.66. The van der Waals surface area contributed by atoms with E-state index in [0.29, 0.717) is 11.8 Å². The average molecular weight is 188 g/mol. The van der Waals surface area contributed by atoms with Crippen molar-refractivity contribution in [1.29, 1.82) is 0 Å². The predicted octanol–water partition coefficient (Wildman–Crippen LogP) is 2.44. The van der Waals surface area contributed by atoms with E-state index in [9.17, 15) is 0 Å². The molecule has 0 radical (unpaired) electrons. The van der Waals surface area contributed by atoms with Crippen LogP contribution >= 0.6 is 11.6 Å². The Hall–Kier alpha value is -0.470. The van der Waals surface area contributed by atoms with Gasteiger partial charge in [0.1, 0.15) is 5.76 Å². The summed E-state index contributed by atoms with van der Waals surface area (Å²) in [6.07, 6.45) is 1.95. The maximum absolute atomic E-state index is 5.82. The number of rotatable bonds is 3. The molecule has 0 saturated heterocycles. The van der Waals surface area contributed by atoms with Crippen molar-refractivity contribution in [3.63, 3.8) is 0 Å². The Kier molecular flexibility index (Phi) is 3.18. The van der Waals surface area contributed by atoms with Crippen LogP contribution in [-0.2, 0) is 6.42 Å². The molecule has 0 unspecified atom stereocenters. The maximum atomic E-state index is 5.82. The summed E-state index contributed by atoms with van der Waals surface area (Å²) < 4.78 is 5.27. The van der Waals surface area contributed by atoms with Crippen LogP contribution in [0.1, 0.15) is 23.3 Å². The Morgan fingerprint density at radius 1 is 1.42 bits per heavy atom. The largest absolute Gasteiger partial charge is 0.449 e. The van der Waals surface area contributed by atoms with Gasteiger partial charge in [-0.1, -0.05) is 0 Å². The van der Waals surface area contributed by atoms with Gasteiger partial charge < -0.3 is 10.2 Å². The summed E-state index contributed by atoms with van der Waals surface area (Å²) >= 11 is 5.82. The minimum Gasteiger partial charge on any atom is -0.449 e. The van der Waals surface area contributed by atoms with E-state index in [1.54, 1.807) is 0 Å². The summed E-state index contributed by atoms with van der Waals surface area (Å²) in [5.74, 6) is 0.922. The number of aryl methyl sites for hydroxylation is 1. The molecule has 0 bridgehead atoms. The van der Waals surface area contributed by atoms with Crippen LogP contribution in [0.3, 0.4) is 0 Å². The van der Waals surface area contributed by atoms with Crippen LogP contribution in [0.2, 0.25) is 5.22 Å². The van der Waals surface area contributed by atoms with Crippen molar-refractivity contribution in [1.82, 2.24) is 0 Å². The van der Waals surface area contributed by atoms with E-state index in [2.05, 4.69) is 0 Å². The van der Waals surface area contributed by atoms with Crippen molar-refractivity contribution in [2.75, 3.05) is 6.54 Å². The van der Waals surface area contributed by atoms with E-state index in [0.717, 1.165) is 24.2 Å². The van der Waals surface area contributed by atoms with Crippen LogP contribution in [0.25, 0.3) is 0 Å². The highest BCUT2D eigenvalue weighted by Gasteiger charge is 2.10. The third-order valence-corrected chi connectivity index (χ3v) is 2.41. The van der Waals surface area contributed by atoms with Gasteiger partial charge in [-0.2, -0.15) is 0 Å². The normalized spacial score (nSPS) is 10.7. The van der Waals surface area contributed by atoms with E-state index < -0.39 is 0 Å². The lowest BCUT2D eigenvalue weighted by atomic mass is 10.1. The van der Waals surface area contributed by atoms with Crippen molar-refractivity contribution in [3.8, 4) is 0 Å². The fourth-order valence-corrected chi connectivity index (χ4v) is 1.53. The van der Waals surface area contributed by atoms with Crippen LogP contribution in [0.5, 0.6) is 0 Å². The summed E-state index contributed by atoms with van der Waals surface area (Å²) in [5, 5.41) is 0.513. The van der Waals surface area contributed by atoms with Crippen molar-refractivity contribution >= 4 is 11.6 Å². The Labute approximate surface area is 77.7 Å². The molecule has 0 amide bonds. The fourth-order valence-electron chi connectivity index (χ4n) is 1.30. The van der Waals surface area contributed by atoms with Gasteiger partial charge in [-0.25, -0.2) is 0 Å². The van der Waals surface area contributed by atoms with Crippen molar-refractivity contribution < 1.29 is 4.42 Å². The molecule has 0 saturated carbocycles. The van der Waals surface area contributed by atoms with E-state index in [4.69, 9.17) is 21.8 Å². The van der Waals surface area contributed by atoms with Gasteiger partial charge in [0.2, 0.25) is 0 Å². The lowest BCUT2D eigenvalue weighted by Gasteiger charge is -1.97. The van der Waals surface area contributed by atoms with Gasteiger partial charge in [0.15, 0.2) is 5.22 Å². The zero-order chi connectivity index (χ0) is 9.14. The molecule has 0 aliphatic heterocycles. The summed E-state index contributed by atoms with van der Waals surface area (Å²) in [6.45, 7) is 4.62. The van der Waals surface area contributed by atoms with Crippen molar-refractivity contribution in [3.05, 3.63) is 22.1 Å². The second-order valence-electron chi connectivity index (χ2n) is 2.93. The number of hydrogen-bond donors (Lipinski definition) is 1. The minimum atomic E-state index is 0.513. The van der Waals surface area contributed by atoms with Crippen molar-refractivity contribution in [2.45, 2.75) is 26.7 Å². The summed E-state index contributed by atoms with van der Waals surface area (Å²) in [5.41, 5.74) is 7.69. The Morgan fingerprint density at radius 2 is 2.08 bits per heavy atom. The Bertz CT molecular complexity index is 268. The molecule has 1 heterocycles. The van der Waals surface area contributed by atoms with Crippen LogP contribution in [0.15, 0.2) is 4.42 Å². The third kappa shape index (κ3) is 1.82. The minimum absolute atomic E-state index is 0.513. The first-order valence-corrected chi connectivity index (χ1v) is 4.49. The molecule has 1 aromatic rings. The molecule has 3 heteroatoms. The summed E-state index contributed by atoms with van der Waals surface area (Å²) in [4.78, 5) is 0. The molecule has 0 fully saturated rings. The highest BCUT2D eigenvalue weighted by atomic mass is 35.5. The van der Waals surface area contributed by atoms with Gasteiger partial charge in [0.05, 0.1) is 0 Å². The molecule has 0 aromatic carbocycles. The van der Waals surface area contributed by atoms with Gasteiger partial charge in [-0.3, -0.25) is 0 Å². The molecule has 0 aliphatic rings. The molecular weight excluding hydrogens is 174 g/mol. The highest BCUT2D eigenvalue weighted by Crippen LogP contribution is 2.26. The first kappa shape index (κ1) is 9.62. The smallest absolute Gasteiger partial charge is 0.196 e. The fraction of sp³-hybridized carbons (Fsp3) is 0.556. The standard InChI is InChI=1S/C9H14ClNO/c1-6-8(4-3-5-11)7(2)12-9(6)10/h3-5,11H2,1-2H3. The molecule has 68 valence electrons. The van der Waals surface area contributed by atoms with Gasteiger partial charge in [0.25, 0.3) is 0 Å². The van der Waals surface area contributed by atoms with Crippen LogP contribution in [-0.4, -0.2) is 6.54 Å². The Morgan fingerprint density at radius 3 is 2.50 bits per heavy atom. The molecule has 2 nitrogen and oxygen atoms in total. The lowest BCUT2D eigenvalue weighted by molar-refractivity contribution is 0.530. The van der Waals surface area contributed by atoms with Gasteiger partial charge in [-0.15, -0.1) is 0 Å². The number of hydrogen-bond acceptors (Lipinski definition) is 2. The van der Waals surface area contributed by atoms with E-state index in [1.165, 1.54) is 5.56 Å². The monoisotopic (exact) mass is 187 g/mol. The topological polar surface area (TPSA) is 39.2 Å². The zero-order valence-electron chi connectivity index (χ0n) is 7.48. The van der Waals surface area contributed by atoms with Gasteiger partial charge >= 0.3 is 0 Å². The number of halogens is 1. The summed E-state index contributed by atoms with van der Waals surface area (Å²) in [7, 11) is 0. The van der Waals surface area contributed by atoms with Gasteiger partial charge in [-0.05, 0) is 50.4 Å². The SMILES string of the molecule is Cc1oc(Cl)c(C)c1CCCN. The second-order valence-corrected chi connectivity index (χ2v) is 3.27. The first-order valence-electron chi connectivity index (χ1n) is 4.11. The Balaban J connectivity index is 2.82. The zero-order valence-corrected chi connectivity index (χ0v) is 8.24. The molecular formula is C9H14ClNO.